The van der Waals surface area contributed by atoms with Crippen LogP contribution < -0.4 is 5.73 Å². The quantitative estimate of drug-likeness (QED) is 0.836. The van der Waals surface area contributed by atoms with Crippen LogP contribution in [0.15, 0.2) is 24.3 Å². The molecule has 0 atom stereocenters. The first kappa shape index (κ1) is 12.4. The predicted molar refractivity (Wildman–Crippen MR) is 69.9 cm³/mol. The van der Waals surface area contributed by atoms with Crippen LogP contribution in [0.25, 0.3) is 11.0 Å². The number of fused-ring (bicyclic) bond motifs is 1. The molecule has 0 saturated heterocycles. The first-order valence-corrected chi connectivity index (χ1v) is 5.94. The van der Waals surface area contributed by atoms with Gasteiger partial charge in [-0.3, -0.25) is 9.36 Å². The van der Waals surface area contributed by atoms with Gasteiger partial charge < -0.3 is 10.5 Å². The molecule has 0 amide bonds. The van der Waals surface area contributed by atoms with Crippen LogP contribution in [0.2, 0.25) is 0 Å². The monoisotopic (exact) mass is 247 g/mol. The molecule has 1 aromatic carbocycles. The lowest BCUT2D eigenvalue weighted by Gasteiger charge is -2.09. The van der Waals surface area contributed by atoms with Gasteiger partial charge in [0.2, 0.25) is 5.95 Å². The fraction of sp³-hybridized carbons (Fsp3) is 0.385. The Hall–Kier alpha value is -2.04. The van der Waals surface area contributed by atoms with E-state index in [9.17, 15) is 4.79 Å². The van der Waals surface area contributed by atoms with E-state index in [1.165, 1.54) is 0 Å². The molecule has 0 radical (unpaired) electrons. The van der Waals surface area contributed by atoms with Gasteiger partial charge in [-0.1, -0.05) is 26.0 Å². The van der Waals surface area contributed by atoms with Crippen LogP contribution in [0, 0.1) is 5.92 Å². The number of aromatic nitrogens is 2. The first-order valence-electron chi connectivity index (χ1n) is 5.94. The number of ether oxygens (including phenoxy) is 1. The molecule has 0 saturated carbocycles. The highest BCUT2D eigenvalue weighted by Gasteiger charge is 2.12. The van der Waals surface area contributed by atoms with Crippen molar-refractivity contribution in [1.29, 1.82) is 0 Å². The van der Waals surface area contributed by atoms with Crippen molar-refractivity contribution < 1.29 is 9.53 Å². The van der Waals surface area contributed by atoms with Gasteiger partial charge in [-0.25, -0.2) is 4.98 Å². The summed E-state index contributed by atoms with van der Waals surface area (Å²) in [6.45, 7) is 4.51. The van der Waals surface area contributed by atoms with Crippen molar-refractivity contribution in [2.24, 2.45) is 5.92 Å². The molecule has 0 spiro atoms. The maximum Gasteiger partial charge on any atom is 0.326 e. The van der Waals surface area contributed by atoms with Crippen LogP contribution in [0.4, 0.5) is 5.95 Å². The SMILES string of the molecule is CC(C)COC(=O)Cn1c(N)nc2ccccc21. The van der Waals surface area contributed by atoms with E-state index in [2.05, 4.69) is 4.98 Å². The number of hydrogen-bond donors (Lipinski definition) is 1. The number of imidazole rings is 1. The van der Waals surface area contributed by atoms with Crippen molar-refractivity contribution in [3.05, 3.63) is 24.3 Å². The number of hydrogen-bond acceptors (Lipinski definition) is 4. The number of carbonyl (C=O) groups is 1. The van der Waals surface area contributed by atoms with Crippen molar-refractivity contribution >= 4 is 23.0 Å². The number of nitrogen functional groups attached to an aromatic ring is 1. The van der Waals surface area contributed by atoms with Crippen molar-refractivity contribution in [3.63, 3.8) is 0 Å². The molecule has 2 rings (SSSR count). The summed E-state index contributed by atoms with van der Waals surface area (Å²) in [5.74, 6) is 0.363. The van der Waals surface area contributed by atoms with E-state index in [-0.39, 0.29) is 12.5 Å². The number of carbonyl (C=O) groups excluding carboxylic acids is 1. The zero-order valence-corrected chi connectivity index (χ0v) is 10.6. The van der Waals surface area contributed by atoms with E-state index in [0.29, 0.717) is 18.5 Å². The Bertz CT molecular complexity index is 560. The zero-order chi connectivity index (χ0) is 13.1. The molecule has 18 heavy (non-hydrogen) atoms. The predicted octanol–water partition coefficient (Wildman–Crippen LogP) is 1.82. The third-order valence-corrected chi connectivity index (χ3v) is 2.55. The van der Waals surface area contributed by atoms with E-state index < -0.39 is 0 Å². The number of para-hydroxylation sites is 2. The number of anilines is 1. The van der Waals surface area contributed by atoms with Gasteiger partial charge in [0.25, 0.3) is 0 Å². The number of benzene rings is 1. The van der Waals surface area contributed by atoms with E-state index >= 15 is 0 Å². The van der Waals surface area contributed by atoms with Crippen molar-refractivity contribution in [1.82, 2.24) is 9.55 Å². The fourth-order valence-electron chi connectivity index (χ4n) is 1.69. The van der Waals surface area contributed by atoms with Gasteiger partial charge in [0.1, 0.15) is 6.54 Å². The Kier molecular flexibility index (Phi) is 3.50. The highest BCUT2D eigenvalue weighted by molar-refractivity contribution is 5.80. The second-order valence-electron chi connectivity index (χ2n) is 4.62. The fourth-order valence-corrected chi connectivity index (χ4v) is 1.69. The van der Waals surface area contributed by atoms with E-state index in [1.54, 1.807) is 4.57 Å². The molecular weight excluding hydrogens is 230 g/mol. The molecule has 96 valence electrons. The Morgan fingerprint density at radius 1 is 1.44 bits per heavy atom. The van der Waals surface area contributed by atoms with Gasteiger partial charge in [0, 0.05) is 0 Å². The molecule has 0 aliphatic carbocycles. The lowest BCUT2D eigenvalue weighted by atomic mass is 10.2. The van der Waals surface area contributed by atoms with Crippen LogP contribution in [-0.4, -0.2) is 22.1 Å². The summed E-state index contributed by atoms with van der Waals surface area (Å²) in [6.07, 6.45) is 0. The minimum Gasteiger partial charge on any atom is -0.464 e. The number of esters is 1. The maximum absolute atomic E-state index is 11.7. The summed E-state index contributed by atoms with van der Waals surface area (Å²) in [7, 11) is 0. The third kappa shape index (κ3) is 2.61. The van der Waals surface area contributed by atoms with Gasteiger partial charge in [-0.05, 0) is 18.1 Å². The molecule has 1 aromatic heterocycles. The zero-order valence-electron chi connectivity index (χ0n) is 10.6. The molecule has 0 fully saturated rings. The van der Waals surface area contributed by atoms with E-state index in [0.717, 1.165) is 11.0 Å². The van der Waals surface area contributed by atoms with Gasteiger partial charge >= 0.3 is 5.97 Å². The van der Waals surface area contributed by atoms with E-state index in [4.69, 9.17) is 10.5 Å². The summed E-state index contributed by atoms with van der Waals surface area (Å²) in [5, 5.41) is 0. The molecule has 1 heterocycles. The highest BCUT2D eigenvalue weighted by Crippen LogP contribution is 2.17. The first-order chi connectivity index (χ1) is 8.58. The smallest absolute Gasteiger partial charge is 0.326 e. The summed E-state index contributed by atoms with van der Waals surface area (Å²) >= 11 is 0. The molecule has 5 heteroatoms. The van der Waals surface area contributed by atoms with Crippen LogP contribution in [-0.2, 0) is 16.1 Å². The van der Waals surface area contributed by atoms with Gasteiger partial charge in [0.05, 0.1) is 17.6 Å². The van der Waals surface area contributed by atoms with Gasteiger partial charge in [-0.15, -0.1) is 0 Å². The number of nitrogens with zero attached hydrogens (tertiary/aromatic N) is 2. The minimum atomic E-state index is -0.293. The number of nitrogens with two attached hydrogens (primary N) is 1. The second-order valence-corrected chi connectivity index (χ2v) is 4.62. The average Bonchev–Trinajstić information content (AvgIpc) is 2.64. The topological polar surface area (TPSA) is 70.1 Å². The van der Waals surface area contributed by atoms with Crippen LogP contribution in [0.5, 0.6) is 0 Å². The van der Waals surface area contributed by atoms with Crippen molar-refractivity contribution in [2.45, 2.75) is 20.4 Å². The Labute approximate surface area is 106 Å². The summed E-state index contributed by atoms with van der Waals surface area (Å²) in [4.78, 5) is 15.9. The molecule has 0 aliphatic heterocycles. The lowest BCUT2D eigenvalue weighted by Crippen LogP contribution is -2.17. The van der Waals surface area contributed by atoms with Gasteiger partial charge in [0.15, 0.2) is 0 Å². The Balaban J connectivity index is 2.16. The van der Waals surface area contributed by atoms with E-state index in [1.807, 2.05) is 38.1 Å². The Morgan fingerprint density at radius 2 is 2.17 bits per heavy atom. The average molecular weight is 247 g/mol. The second kappa shape index (κ2) is 5.08. The molecule has 2 N–H and O–H groups in total. The van der Waals surface area contributed by atoms with Crippen molar-refractivity contribution in [3.8, 4) is 0 Å². The summed E-state index contributed by atoms with van der Waals surface area (Å²) in [6, 6.07) is 7.52. The van der Waals surface area contributed by atoms with Crippen LogP contribution >= 0.6 is 0 Å². The normalized spacial score (nSPS) is 11.1. The van der Waals surface area contributed by atoms with Gasteiger partial charge in [-0.2, -0.15) is 0 Å². The number of rotatable bonds is 4. The third-order valence-electron chi connectivity index (χ3n) is 2.55. The Morgan fingerprint density at radius 3 is 2.89 bits per heavy atom. The molecule has 0 unspecified atom stereocenters. The molecular formula is C13H17N3O2. The molecule has 0 aliphatic rings. The summed E-state index contributed by atoms with van der Waals surface area (Å²) < 4.78 is 6.80. The molecule has 0 bridgehead atoms. The lowest BCUT2D eigenvalue weighted by molar-refractivity contribution is -0.145. The van der Waals surface area contributed by atoms with Crippen molar-refractivity contribution in [2.75, 3.05) is 12.3 Å². The maximum atomic E-state index is 11.7. The van der Waals surface area contributed by atoms with Crippen LogP contribution in [0.1, 0.15) is 13.8 Å². The molecule has 2 aromatic rings. The standard InChI is InChI=1S/C13H17N3O2/c1-9(2)8-18-12(17)7-16-11-6-4-3-5-10(11)15-13(16)14/h3-6,9H,7-8H2,1-2H3,(H2,14,15). The molecule has 5 nitrogen and oxygen atoms in total. The largest absolute Gasteiger partial charge is 0.464 e. The highest BCUT2D eigenvalue weighted by atomic mass is 16.5. The summed E-state index contributed by atoms with van der Waals surface area (Å²) in [5.41, 5.74) is 7.43. The van der Waals surface area contributed by atoms with Crippen LogP contribution in [0.3, 0.4) is 0 Å². The minimum absolute atomic E-state index is 0.0963.